The number of aromatic amines is 1. The summed E-state index contributed by atoms with van der Waals surface area (Å²) in [5, 5.41) is 6.65. The Hall–Kier alpha value is -1.88. The highest BCUT2D eigenvalue weighted by Gasteiger charge is 2.12. The van der Waals surface area contributed by atoms with E-state index in [1.165, 1.54) is 11.1 Å². The van der Waals surface area contributed by atoms with Crippen LogP contribution < -0.4 is 5.69 Å². The standard InChI is InChI=1S/C14H20N4O/c1-5-17(4)9-13-15-16-14(19)18(13)12-7-6-10(2)11(3)8-12/h6-8H,5,9H2,1-4H3,(H,16,19). The molecular weight excluding hydrogens is 240 g/mol. The zero-order chi connectivity index (χ0) is 14.0. The van der Waals surface area contributed by atoms with Crippen molar-refractivity contribution in [3.8, 4) is 5.69 Å². The molecule has 1 N–H and O–H groups in total. The third kappa shape index (κ3) is 2.76. The fourth-order valence-corrected chi connectivity index (χ4v) is 1.92. The lowest BCUT2D eigenvalue weighted by atomic mass is 10.1. The third-order valence-electron chi connectivity index (χ3n) is 3.44. The van der Waals surface area contributed by atoms with Crippen LogP contribution in [0.4, 0.5) is 0 Å². The maximum atomic E-state index is 11.9. The van der Waals surface area contributed by atoms with Crippen molar-refractivity contribution in [2.45, 2.75) is 27.3 Å². The predicted molar refractivity (Wildman–Crippen MR) is 75.7 cm³/mol. The summed E-state index contributed by atoms with van der Waals surface area (Å²) in [5.74, 6) is 0.734. The Balaban J connectivity index is 2.46. The molecule has 0 aliphatic carbocycles. The number of hydrogen-bond acceptors (Lipinski definition) is 3. The largest absolute Gasteiger partial charge is 0.347 e. The molecule has 0 aliphatic heterocycles. The number of nitrogens with one attached hydrogen (secondary N) is 1. The average molecular weight is 260 g/mol. The topological polar surface area (TPSA) is 53.9 Å². The minimum Gasteiger partial charge on any atom is -0.299 e. The SMILES string of the molecule is CCN(C)Cc1n[nH]c(=O)n1-c1ccc(C)c(C)c1. The minimum atomic E-state index is -0.192. The molecule has 5 nitrogen and oxygen atoms in total. The van der Waals surface area contributed by atoms with Crippen molar-refractivity contribution in [2.75, 3.05) is 13.6 Å². The van der Waals surface area contributed by atoms with Crippen LogP contribution in [0.15, 0.2) is 23.0 Å². The van der Waals surface area contributed by atoms with Gasteiger partial charge in [0.25, 0.3) is 0 Å². The van der Waals surface area contributed by atoms with Crippen LogP contribution in [0.1, 0.15) is 23.9 Å². The summed E-state index contributed by atoms with van der Waals surface area (Å²) >= 11 is 0. The Morgan fingerprint density at radius 2 is 2.05 bits per heavy atom. The van der Waals surface area contributed by atoms with Crippen LogP contribution in [-0.4, -0.2) is 33.3 Å². The second-order valence-electron chi connectivity index (χ2n) is 4.88. The Labute approximate surface area is 112 Å². The van der Waals surface area contributed by atoms with Gasteiger partial charge in [-0.2, -0.15) is 5.10 Å². The first-order valence-electron chi connectivity index (χ1n) is 6.45. The van der Waals surface area contributed by atoms with E-state index in [9.17, 15) is 4.79 Å². The number of rotatable bonds is 4. The smallest absolute Gasteiger partial charge is 0.299 e. The number of aromatic nitrogens is 3. The molecule has 0 saturated carbocycles. The van der Waals surface area contributed by atoms with Gasteiger partial charge >= 0.3 is 5.69 Å². The van der Waals surface area contributed by atoms with Crippen molar-refractivity contribution in [3.63, 3.8) is 0 Å². The van der Waals surface area contributed by atoms with Crippen LogP contribution in [0.25, 0.3) is 5.69 Å². The second kappa shape index (κ2) is 5.40. The van der Waals surface area contributed by atoms with Crippen molar-refractivity contribution in [2.24, 2.45) is 0 Å². The lowest BCUT2D eigenvalue weighted by molar-refractivity contribution is 0.334. The Morgan fingerprint density at radius 3 is 2.68 bits per heavy atom. The third-order valence-corrected chi connectivity index (χ3v) is 3.44. The van der Waals surface area contributed by atoms with Gasteiger partial charge in [-0.3, -0.25) is 4.90 Å². The normalized spacial score (nSPS) is 11.2. The summed E-state index contributed by atoms with van der Waals surface area (Å²) in [6.07, 6.45) is 0. The molecule has 5 heteroatoms. The predicted octanol–water partition coefficient (Wildman–Crippen LogP) is 1.63. The van der Waals surface area contributed by atoms with Gasteiger partial charge in [-0.1, -0.05) is 13.0 Å². The van der Waals surface area contributed by atoms with Gasteiger partial charge in [0.15, 0.2) is 5.82 Å². The summed E-state index contributed by atoms with van der Waals surface area (Å²) in [6, 6.07) is 5.99. The van der Waals surface area contributed by atoms with Crippen molar-refractivity contribution < 1.29 is 0 Å². The highest BCUT2D eigenvalue weighted by Crippen LogP contribution is 2.14. The first-order chi connectivity index (χ1) is 9.02. The summed E-state index contributed by atoms with van der Waals surface area (Å²) < 4.78 is 1.64. The number of nitrogens with zero attached hydrogens (tertiary/aromatic N) is 3. The van der Waals surface area contributed by atoms with E-state index in [0.29, 0.717) is 6.54 Å². The Kier molecular flexibility index (Phi) is 3.85. The molecule has 2 aromatic rings. The Morgan fingerprint density at radius 1 is 1.32 bits per heavy atom. The van der Waals surface area contributed by atoms with E-state index in [2.05, 4.69) is 28.9 Å². The molecule has 0 radical (unpaired) electrons. The number of aryl methyl sites for hydroxylation is 2. The first kappa shape index (κ1) is 13.5. The molecular formula is C14H20N4O. The molecule has 1 heterocycles. The van der Waals surface area contributed by atoms with Crippen LogP contribution >= 0.6 is 0 Å². The van der Waals surface area contributed by atoms with E-state index in [-0.39, 0.29) is 5.69 Å². The zero-order valence-corrected chi connectivity index (χ0v) is 11.9. The maximum absolute atomic E-state index is 11.9. The van der Waals surface area contributed by atoms with Gasteiger partial charge in [0.1, 0.15) is 0 Å². The second-order valence-corrected chi connectivity index (χ2v) is 4.88. The first-order valence-corrected chi connectivity index (χ1v) is 6.45. The molecule has 0 fully saturated rings. The molecule has 102 valence electrons. The summed E-state index contributed by atoms with van der Waals surface area (Å²) in [5.41, 5.74) is 3.05. The van der Waals surface area contributed by atoms with E-state index in [1.807, 2.05) is 32.2 Å². The van der Waals surface area contributed by atoms with Gasteiger partial charge in [0.2, 0.25) is 0 Å². The quantitative estimate of drug-likeness (QED) is 0.909. The van der Waals surface area contributed by atoms with Gasteiger partial charge < -0.3 is 0 Å². The molecule has 1 aromatic heterocycles. The van der Waals surface area contributed by atoms with Gasteiger partial charge in [-0.15, -0.1) is 0 Å². The minimum absolute atomic E-state index is 0.192. The molecule has 0 saturated heterocycles. The van der Waals surface area contributed by atoms with Gasteiger partial charge in [-0.05, 0) is 50.7 Å². The molecule has 0 bridgehead atoms. The zero-order valence-electron chi connectivity index (χ0n) is 11.9. The molecule has 0 atom stereocenters. The molecule has 0 spiro atoms. The van der Waals surface area contributed by atoms with Crippen LogP contribution in [0, 0.1) is 13.8 Å². The van der Waals surface area contributed by atoms with E-state index >= 15 is 0 Å². The molecule has 2 rings (SSSR count). The van der Waals surface area contributed by atoms with Crippen LogP contribution in [-0.2, 0) is 6.54 Å². The molecule has 0 unspecified atom stereocenters. The van der Waals surface area contributed by atoms with Crippen molar-refractivity contribution in [3.05, 3.63) is 45.6 Å². The van der Waals surface area contributed by atoms with Crippen molar-refractivity contribution >= 4 is 0 Å². The van der Waals surface area contributed by atoms with Crippen molar-refractivity contribution in [1.29, 1.82) is 0 Å². The van der Waals surface area contributed by atoms with E-state index < -0.39 is 0 Å². The average Bonchev–Trinajstić information content (AvgIpc) is 2.74. The van der Waals surface area contributed by atoms with E-state index in [1.54, 1.807) is 4.57 Å². The highest BCUT2D eigenvalue weighted by molar-refractivity contribution is 5.40. The van der Waals surface area contributed by atoms with Gasteiger partial charge in [0.05, 0.1) is 12.2 Å². The molecule has 1 aromatic carbocycles. The van der Waals surface area contributed by atoms with Crippen LogP contribution in [0.3, 0.4) is 0 Å². The summed E-state index contributed by atoms with van der Waals surface area (Å²) in [7, 11) is 2.00. The molecule has 19 heavy (non-hydrogen) atoms. The fraction of sp³-hybridized carbons (Fsp3) is 0.429. The van der Waals surface area contributed by atoms with E-state index in [4.69, 9.17) is 0 Å². The number of hydrogen-bond donors (Lipinski definition) is 1. The van der Waals surface area contributed by atoms with Gasteiger partial charge in [-0.25, -0.2) is 14.5 Å². The molecule has 0 aliphatic rings. The number of benzene rings is 1. The lowest BCUT2D eigenvalue weighted by Gasteiger charge is -2.14. The van der Waals surface area contributed by atoms with Gasteiger partial charge in [0, 0.05) is 0 Å². The van der Waals surface area contributed by atoms with Crippen LogP contribution in [0.5, 0.6) is 0 Å². The summed E-state index contributed by atoms with van der Waals surface area (Å²) in [4.78, 5) is 14.0. The maximum Gasteiger partial charge on any atom is 0.347 e. The summed E-state index contributed by atoms with van der Waals surface area (Å²) in [6.45, 7) is 7.73. The molecule has 0 amide bonds. The Bertz CT molecular complexity index is 627. The highest BCUT2D eigenvalue weighted by atomic mass is 16.1. The number of H-pyrrole nitrogens is 1. The van der Waals surface area contributed by atoms with E-state index in [0.717, 1.165) is 18.1 Å². The van der Waals surface area contributed by atoms with Crippen molar-refractivity contribution in [1.82, 2.24) is 19.7 Å². The van der Waals surface area contributed by atoms with Crippen LogP contribution in [0.2, 0.25) is 0 Å². The lowest BCUT2D eigenvalue weighted by Crippen LogP contribution is -2.23. The monoisotopic (exact) mass is 260 g/mol. The fourth-order valence-electron chi connectivity index (χ4n) is 1.92.